The first kappa shape index (κ1) is 14.6. The smallest absolute Gasteiger partial charge is 0.269 e. The van der Waals surface area contributed by atoms with Crippen LogP contribution >= 0.6 is 0 Å². The number of nitro groups is 1. The summed E-state index contributed by atoms with van der Waals surface area (Å²) in [5.74, 6) is 0. The van der Waals surface area contributed by atoms with Gasteiger partial charge in [0.05, 0.1) is 16.8 Å². The number of nitrogens with one attached hydrogen (secondary N) is 1. The Morgan fingerprint density at radius 3 is 2.82 bits per heavy atom. The van der Waals surface area contributed by atoms with Crippen LogP contribution in [0.25, 0.3) is 11.3 Å². The van der Waals surface area contributed by atoms with Crippen LogP contribution < -0.4 is 5.32 Å². The molecule has 1 unspecified atom stereocenters. The predicted octanol–water partition coefficient (Wildman–Crippen LogP) is 2.39. The quantitative estimate of drug-likeness (QED) is 0.677. The second kappa shape index (κ2) is 6.65. The van der Waals surface area contributed by atoms with Gasteiger partial charge < -0.3 is 5.32 Å². The third kappa shape index (κ3) is 3.30. The van der Waals surface area contributed by atoms with E-state index in [1.807, 2.05) is 4.68 Å². The summed E-state index contributed by atoms with van der Waals surface area (Å²) in [5.41, 5.74) is 1.88. The average molecular weight is 301 g/mol. The van der Waals surface area contributed by atoms with E-state index >= 15 is 0 Å². The van der Waals surface area contributed by atoms with Crippen molar-refractivity contribution in [3.63, 3.8) is 0 Å². The maximum atomic E-state index is 10.7. The second-order valence-corrected chi connectivity index (χ2v) is 5.58. The summed E-state index contributed by atoms with van der Waals surface area (Å²) in [6.45, 7) is 1.89. The number of aryl methyl sites for hydroxylation is 1. The summed E-state index contributed by atoms with van der Waals surface area (Å²) in [7, 11) is 0. The van der Waals surface area contributed by atoms with Crippen molar-refractivity contribution >= 4 is 5.69 Å². The van der Waals surface area contributed by atoms with Crippen LogP contribution in [0.1, 0.15) is 25.7 Å². The molecule has 0 saturated carbocycles. The molecule has 3 rings (SSSR count). The van der Waals surface area contributed by atoms with Gasteiger partial charge in [-0.3, -0.25) is 10.1 Å². The molecule has 0 bridgehead atoms. The SMILES string of the molecule is O=[N+]([O-])c1ccc(-c2cnnn2CCC2CCCCN2)cc1. The molecule has 0 amide bonds. The molecule has 2 aromatic rings. The highest BCUT2D eigenvalue weighted by atomic mass is 16.6. The van der Waals surface area contributed by atoms with Crippen molar-refractivity contribution in [3.05, 3.63) is 40.6 Å². The minimum absolute atomic E-state index is 0.0918. The van der Waals surface area contributed by atoms with Gasteiger partial charge >= 0.3 is 0 Å². The zero-order valence-corrected chi connectivity index (χ0v) is 12.3. The van der Waals surface area contributed by atoms with Crippen molar-refractivity contribution in [2.24, 2.45) is 0 Å². The van der Waals surface area contributed by atoms with E-state index in [2.05, 4.69) is 15.6 Å². The van der Waals surface area contributed by atoms with Crippen LogP contribution in [-0.2, 0) is 6.54 Å². The molecule has 1 fully saturated rings. The third-order valence-electron chi connectivity index (χ3n) is 4.09. The van der Waals surface area contributed by atoms with E-state index in [-0.39, 0.29) is 5.69 Å². The summed E-state index contributed by atoms with van der Waals surface area (Å²) in [5, 5.41) is 22.4. The van der Waals surface area contributed by atoms with Gasteiger partial charge in [0.2, 0.25) is 0 Å². The molecule has 1 aromatic carbocycles. The lowest BCUT2D eigenvalue weighted by Crippen LogP contribution is -2.34. The summed E-state index contributed by atoms with van der Waals surface area (Å²) in [4.78, 5) is 10.3. The summed E-state index contributed by atoms with van der Waals surface area (Å²) in [6.07, 6.45) is 6.47. The highest BCUT2D eigenvalue weighted by Crippen LogP contribution is 2.22. The molecule has 1 aromatic heterocycles. The molecule has 22 heavy (non-hydrogen) atoms. The number of nitrogens with zero attached hydrogens (tertiary/aromatic N) is 4. The summed E-state index contributed by atoms with van der Waals surface area (Å²) in [6, 6.07) is 7.05. The minimum atomic E-state index is -0.395. The molecule has 7 heteroatoms. The monoisotopic (exact) mass is 301 g/mol. The molecule has 0 aliphatic carbocycles. The molecule has 1 N–H and O–H groups in total. The van der Waals surface area contributed by atoms with E-state index in [1.165, 1.54) is 31.4 Å². The van der Waals surface area contributed by atoms with Gasteiger partial charge in [0.15, 0.2) is 0 Å². The van der Waals surface area contributed by atoms with Crippen molar-refractivity contribution in [2.75, 3.05) is 6.54 Å². The third-order valence-corrected chi connectivity index (χ3v) is 4.09. The van der Waals surface area contributed by atoms with Crippen molar-refractivity contribution < 1.29 is 4.92 Å². The van der Waals surface area contributed by atoms with Gasteiger partial charge in [0.1, 0.15) is 0 Å². The van der Waals surface area contributed by atoms with E-state index < -0.39 is 4.92 Å². The minimum Gasteiger partial charge on any atom is -0.314 e. The van der Waals surface area contributed by atoms with Crippen LogP contribution in [0.5, 0.6) is 0 Å². The Bertz CT molecular complexity index is 632. The van der Waals surface area contributed by atoms with Crippen LogP contribution in [0.2, 0.25) is 0 Å². The van der Waals surface area contributed by atoms with Crippen LogP contribution in [0.3, 0.4) is 0 Å². The van der Waals surface area contributed by atoms with E-state index in [1.54, 1.807) is 18.3 Å². The first-order valence-corrected chi connectivity index (χ1v) is 7.61. The van der Waals surface area contributed by atoms with Crippen LogP contribution in [0.15, 0.2) is 30.5 Å². The zero-order valence-electron chi connectivity index (χ0n) is 12.3. The first-order valence-electron chi connectivity index (χ1n) is 7.61. The largest absolute Gasteiger partial charge is 0.314 e. The summed E-state index contributed by atoms with van der Waals surface area (Å²) >= 11 is 0. The standard InChI is InChI=1S/C15H19N5O2/c21-20(22)14-6-4-12(5-7-14)15-11-17-18-19(15)10-8-13-3-1-2-9-16-13/h4-7,11,13,16H,1-3,8-10H2. The number of hydrogen-bond donors (Lipinski definition) is 1. The number of aromatic nitrogens is 3. The molecular weight excluding hydrogens is 282 g/mol. The Balaban J connectivity index is 1.69. The maximum Gasteiger partial charge on any atom is 0.269 e. The summed E-state index contributed by atoms with van der Waals surface area (Å²) < 4.78 is 1.87. The lowest BCUT2D eigenvalue weighted by atomic mass is 10.0. The first-order chi connectivity index (χ1) is 10.7. The second-order valence-electron chi connectivity index (χ2n) is 5.58. The van der Waals surface area contributed by atoms with Gasteiger partial charge in [-0.05, 0) is 37.9 Å². The number of benzene rings is 1. The zero-order chi connectivity index (χ0) is 15.4. The normalized spacial score (nSPS) is 18.3. The maximum absolute atomic E-state index is 10.7. The Morgan fingerprint density at radius 2 is 2.14 bits per heavy atom. The molecular formula is C15H19N5O2. The van der Waals surface area contributed by atoms with E-state index in [0.717, 1.165) is 30.8 Å². The average Bonchev–Trinajstić information content (AvgIpc) is 3.02. The lowest BCUT2D eigenvalue weighted by molar-refractivity contribution is -0.384. The molecule has 1 atom stereocenters. The van der Waals surface area contributed by atoms with Gasteiger partial charge in [-0.2, -0.15) is 0 Å². The molecule has 1 saturated heterocycles. The van der Waals surface area contributed by atoms with Crippen molar-refractivity contribution in [1.82, 2.24) is 20.3 Å². The fraction of sp³-hybridized carbons (Fsp3) is 0.467. The van der Waals surface area contributed by atoms with Gasteiger partial charge in [-0.25, -0.2) is 4.68 Å². The van der Waals surface area contributed by atoms with Gasteiger partial charge in [-0.1, -0.05) is 11.6 Å². The lowest BCUT2D eigenvalue weighted by Gasteiger charge is -2.23. The highest BCUT2D eigenvalue weighted by molar-refractivity contribution is 5.60. The van der Waals surface area contributed by atoms with Gasteiger partial charge in [0, 0.05) is 30.3 Å². The van der Waals surface area contributed by atoms with E-state index in [0.29, 0.717) is 6.04 Å². The van der Waals surface area contributed by atoms with Crippen LogP contribution in [-0.4, -0.2) is 32.5 Å². The number of non-ortho nitro benzene ring substituents is 1. The Morgan fingerprint density at radius 1 is 1.32 bits per heavy atom. The van der Waals surface area contributed by atoms with Gasteiger partial charge in [0.25, 0.3) is 5.69 Å². The fourth-order valence-electron chi connectivity index (χ4n) is 2.85. The molecule has 0 spiro atoms. The molecule has 116 valence electrons. The van der Waals surface area contributed by atoms with Gasteiger partial charge in [-0.15, -0.1) is 5.10 Å². The van der Waals surface area contributed by atoms with Crippen LogP contribution in [0, 0.1) is 10.1 Å². The highest BCUT2D eigenvalue weighted by Gasteiger charge is 2.14. The molecule has 7 nitrogen and oxygen atoms in total. The Kier molecular flexibility index (Phi) is 4.43. The molecule has 2 heterocycles. The predicted molar refractivity (Wildman–Crippen MR) is 82.4 cm³/mol. The Hall–Kier alpha value is -2.28. The number of piperidine rings is 1. The van der Waals surface area contributed by atoms with Crippen molar-refractivity contribution in [1.29, 1.82) is 0 Å². The molecule has 1 aliphatic rings. The topological polar surface area (TPSA) is 85.9 Å². The van der Waals surface area contributed by atoms with Crippen molar-refractivity contribution in [2.45, 2.75) is 38.3 Å². The van der Waals surface area contributed by atoms with E-state index in [4.69, 9.17) is 0 Å². The van der Waals surface area contributed by atoms with Crippen LogP contribution in [0.4, 0.5) is 5.69 Å². The van der Waals surface area contributed by atoms with Crippen molar-refractivity contribution in [3.8, 4) is 11.3 Å². The number of rotatable bonds is 5. The molecule has 1 aliphatic heterocycles. The number of nitro benzene ring substituents is 1. The fourth-order valence-corrected chi connectivity index (χ4v) is 2.85. The Labute approximate surface area is 128 Å². The number of hydrogen-bond acceptors (Lipinski definition) is 5. The molecule has 0 radical (unpaired) electrons. The van der Waals surface area contributed by atoms with E-state index in [9.17, 15) is 10.1 Å².